The van der Waals surface area contributed by atoms with E-state index in [2.05, 4.69) is 15.5 Å². The lowest BCUT2D eigenvalue weighted by Crippen LogP contribution is -2.41. The molecule has 0 bridgehead atoms. The third kappa shape index (κ3) is 3.85. The Bertz CT molecular complexity index is 679. The predicted molar refractivity (Wildman–Crippen MR) is 84.4 cm³/mol. The highest BCUT2D eigenvalue weighted by atomic mass is 19.1. The summed E-state index contributed by atoms with van der Waals surface area (Å²) in [5.41, 5.74) is 0.483. The van der Waals surface area contributed by atoms with E-state index in [4.69, 9.17) is 0 Å². The van der Waals surface area contributed by atoms with Gasteiger partial charge in [-0.2, -0.15) is 0 Å². The maximum Gasteiger partial charge on any atom is 0.321 e. The van der Waals surface area contributed by atoms with Crippen LogP contribution in [0.1, 0.15) is 18.7 Å². The fraction of sp³-hybridized carbons (Fsp3) is 0.438. The molecule has 0 aliphatic carbocycles. The smallest absolute Gasteiger partial charge is 0.321 e. The van der Waals surface area contributed by atoms with Gasteiger partial charge in [0, 0.05) is 32.2 Å². The Morgan fingerprint density at radius 2 is 2.17 bits per heavy atom. The zero-order chi connectivity index (χ0) is 16.2. The van der Waals surface area contributed by atoms with Crippen LogP contribution in [0.5, 0.6) is 0 Å². The average Bonchev–Trinajstić information content (AvgIpc) is 2.93. The Kier molecular flexibility index (Phi) is 4.55. The van der Waals surface area contributed by atoms with Gasteiger partial charge in [0.05, 0.1) is 0 Å². The Morgan fingerprint density at radius 3 is 2.83 bits per heavy atom. The van der Waals surface area contributed by atoms with Gasteiger partial charge in [0.15, 0.2) is 0 Å². The van der Waals surface area contributed by atoms with Crippen molar-refractivity contribution in [1.29, 1.82) is 0 Å². The fourth-order valence-electron chi connectivity index (χ4n) is 2.86. The summed E-state index contributed by atoms with van der Waals surface area (Å²) >= 11 is 0. The van der Waals surface area contributed by atoms with Gasteiger partial charge < -0.3 is 14.8 Å². The van der Waals surface area contributed by atoms with Gasteiger partial charge in [0.2, 0.25) is 0 Å². The van der Waals surface area contributed by atoms with E-state index in [-0.39, 0.29) is 11.8 Å². The summed E-state index contributed by atoms with van der Waals surface area (Å²) < 4.78 is 15.1. The number of nitrogens with one attached hydrogen (secondary N) is 1. The van der Waals surface area contributed by atoms with E-state index in [0.29, 0.717) is 24.7 Å². The van der Waals surface area contributed by atoms with Gasteiger partial charge in [-0.3, -0.25) is 0 Å². The molecule has 0 radical (unpaired) electrons. The van der Waals surface area contributed by atoms with E-state index in [1.54, 1.807) is 23.4 Å². The van der Waals surface area contributed by atoms with E-state index in [1.165, 1.54) is 12.1 Å². The first kappa shape index (κ1) is 15.5. The molecule has 23 heavy (non-hydrogen) atoms. The number of carbonyl (C=O) groups is 1. The standard InChI is InChI=1S/C16H20FN5O/c1-21-11-18-20-15(21)9-12-5-7-22(8-6-12)16(23)19-14-4-2-3-13(17)10-14/h2-4,10-12H,5-9H2,1H3,(H,19,23). The van der Waals surface area contributed by atoms with Crippen molar-refractivity contribution in [2.75, 3.05) is 18.4 Å². The van der Waals surface area contributed by atoms with Crippen molar-refractivity contribution in [2.45, 2.75) is 19.3 Å². The SMILES string of the molecule is Cn1cnnc1CC1CCN(C(=O)Nc2cccc(F)c2)CC1. The average molecular weight is 317 g/mol. The highest BCUT2D eigenvalue weighted by Crippen LogP contribution is 2.21. The number of likely N-dealkylation sites (tertiary alicyclic amines) is 1. The van der Waals surface area contributed by atoms with Crippen LogP contribution in [0.4, 0.5) is 14.9 Å². The lowest BCUT2D eigenvalue weighted by molar-refractivity contribution is 0.181. The number of amides is 2. The Balaban J connectivity index is 1.50. The Morgan fingerprint density at radius 1 is 1.39 bits per heavy atom. The maximum absolute atomic E-state index is 13.1. The van der Waals surface area contributed by atoms with Gasteiger partial charge in [0.1, 0.15) is 18.0 Å². The molecule has 0 unspecified atom stereocenters. The summed E-state index contributed by atoms with van der Waals surface area (Å²) in [5.74, 6) is 1.13. The fourth-order valence-corrected chi connectivity index (χ4v) is 2.86. The number of aromatic nitrogens is 3. The molecule has 2 heterocycles. The van der Waals surface area contributed by atoms with Crippen molar-refractivity contribution in [1.82, 2.24) is 19.7 Å². The number of aryl methyl sites for hydroxylation is 1. The predicted octanol–water partition coefficient (Wildman–Crippen LogP) is 2.44. The molecule has 0 atom stereocenters. The van der Waals surface area contributed by atoms with Gasteiger partial charge in [-0.1, -0.05) is 6.07 Å². The molecule has 1 aromatic carbocycles. The van der Waals surface area contributed by atoms with Gasteiger partial charge in [-0.25, -0.2) is 9.18 Å². The summed E-state index contributed by atoms with van der Waals surface area (Å²) in [7, 11) is 1.94. The second-order valence-corrected chi connectivity index (χ2v) is 5.93. The molecule has 0 saturated carbocycles. The molecule has 1 aromatic heterocycles. The number of hydrogen-bond donors (Lipinski definition) is 1. The largest absolute Gasteiger partial charge is 0.325 e. The maximum atomic E-state index is 13.1. The van der Waals surface area contributed by atoms with Crippen LogP contribution in [0.25, 0.3) is 0 Å². The van der Waals surface area contributed by atoms with Crippen LogP contribution in [0.2, 0.25) is 0 Å². The molecule has 6 nitrogen and oxygen atoms in total. The lowest BCUT2D eigenvalue weighted by Gasteiger charge is -2.31. The molecule has 2 aromatic rings. The minimum Gasteiger partial charge on any atom is -0.325 e. The van der Waals surface area contributed by atoms with Crippen LogP contribution in [0.15, 0.2) is 30.6 Å². The first-order valence-electron chi connectivity index (χ1n) is 7.76. The van der Waals surface area contributed by atoms with E-state index in [1.807, 2.05) is 11.6 Å². The van der Waals surface area contributed by atoms with Gasteiger partial charge in [-0.05, 0) is 37.0 Å². The van der Waals surface area contributed by atoms with Crippen molar-refractivity contribution >= 4 is 11.7 Å². The number of anilines is 1. The number of halogens is 1. The molecule has 1 N–H and O–H groups in total. The normalized spacial score (nSPS) is 15.7. The van der Waals surface area contributed by atoms with Gasteiger partial charge >= 0.3 is 6.03 Å². The van der Waals surface area contributed by atoms with Crippen molar-refractivity contribution < 1.29 is 9.18 Å². The number of carbonyl (C=O) groups excluding carboxylic acids is 1. The number of benzene rings is 1. The van der Waals surface area contributed by atoms with Crippen LogP contribution in [-0.4, -0.2) is 38.8 Å². The summed E-state index contributed by atoms with van der Waals surface area (Å²) in [6, 6.07) is 5.76. The molecule has 122 valence electrons. The highest BCUT2D eigenvalue weighted by molar-refractivity contribution is 5.89. The van der Waals surface area contributed by atoms with Crippen molar-refractivity contribution in [3.63, 3.8) is 0 Å². The Hall–Kier alpha value is -2.44. The Labute approximate surface area is 134 Å². The van der Waals surface area contributed by atoms with Crippen LogP contribution >= 0.6 is 0 Å². The molecule has 3 rings (SSSR count). The molecule has 1 fully saturated rings. The summed E-state index contributed by atoms with van der Waals surface area (Å²) in [6.07, 6.45) is 4.46. The van der Waals surface area contributed by atoms with E-state index >= 15 is 0 Å². The van der Waals surface area contributed by atoms with E-state index in [0.717, 1.165) is 25.1 Å². The lowest BCUT2D eigenvalue weighted by atomic mass is 9.93. The van der Waals surface area contributed by atoms with E-state index < -0.39 is 0 Å². The van der Waals surface area contributed by atoms with Gasteiger partial charge in [0.25, 0.3) is 0 Å². The van der Waals surface area contributed by atoms with Gasteiger partial charge in [-0.15, -0.1) is 10.2 Å². The number of nitrogens with zero attached hydrogens (tertiary/aromatic N) is 4. The van der Waals surface area contributed by atoms with Crippen molar-refractivity contribution in [2.24, 2.45) is 13.0 Å². The van der Waals surface area contributed by atoms with Crippen LogP contribution in [0.3, 0.4) is 0 Å². The molecule has 1 saturated heterocycles. The highest BCUT2D eigenvalue weighted by Gasteiger charge is 2.24. The van der Waals surface area contributed by atoms with Crippen LogP contribution in [0, 0.1) is 11.7 Å². The third-order valence-electron chi connectivity index (χ3n) is 4.25. The first-order chi connectivity index (χ1) is 11.1. The van der Waals surface area contributed by atoms with Crippen LogP contribution in [-0.2, 0) is 13.5 Å². The summed E-state index contributed by atoms with van der Waals surface area (Å²) in [4.78, 5) is 14.0. The summed E-state index contributed by atoms with van der Waals surface area (Å²) in [5, 5.41) is 10.7. The van der Waals surface area contributed by atoms with Crippen molar-refractivity contribution in [3.8, 4) is 0 Å². The van der Waals surface area contributed by atoms with Crippen molar-refractivity contribution in [3.05, 3.63) is 42.2 Å². The number of piperidine rings is 1. The van der Waals surface area contributed by atoms with Crippen LogP contribution < -0.4 is 5.32 Å². The molecule has 1 aliphatic heterocycles. The second-order valence-electron chi connectivity index (χ2n) is 5.93. The topological polar surface area (TPSA) is 63.1 Å². The molecule has 0 spiro atoms. The zero-order valence-corrected chi connectivity index (χ0v) is 13.1. The minimum absolute atomic E-state index is 0.173. The number of rotatable bonds is 3. The quantitative estimate of drug-likeness (QED) is 0.946. The minimum atomic E-state index is -0.356. The summed E-state index contributed by atoms with van der Waals surface area (Å²) in [6.45, 7) is 1.40. The molecule has 7 heteroatoms. The zero-order valence-electron chi connectivity index (χ0n) is 13.1. The molecular formula is C16H20FN5O. The number of urea groups is 1. The number of hydrogen-bond acceptors (Lipinski definition) is 3. The molecule has 2 amide bonds. The molecule has 1 aliphatic rings. The monoisotopic (exact) mass is 317 g/mol. The third-order valence-corrected chi connectivity index (χ3v) is 4.25. The van der Waals surface area contributed by atoms with E-state index in [9.17, 15) is 9.18 Å². The molecular weight excluding hydrogens is 297 g/mol. The first-order valence-corrected chi connectivity index (χ1v) is 7.76. The second kappa shape index (κ2) is 6.76.